The van der Waals surface area contributed by atoms with Crippen molar-refractivity contribution in [3.05, 3.63) is 23.8 Å². The van der Waals surface area contributed by atoms with Crippen LogP contribution >= 0.6 is 11.8 Å². The average molecular weight is 274 g/mol. The van der Waals surface area contributed by atoms with Gasteiger partial charge in [0.2, 0.25) is 5.91 Å². The summed E-state index contributed by atoms with van der Waals surface area (Å²) in [5, 5.41) is 8.65. The van der Waals surface area contributed by atoms with Crippen LogP contribution in [0.2, 0.25) is 0 Å². The number of nitriles is 1. The largest absolute Gasteiger partial charge is 0.296 e. The Morgan fingerprint density at radius 1 is 1.53 bits per heavy atom. The fourth-order valence-corrected chi connectivity index (χ4v) is 3.06. The molecule has 4 nitrogen and oxygen atoms in total. The average Bonchev–Trinajstić information content (AvgIpc) is 2.42. The molecule has 0 aromatic heterocycles. The molecule has 1 amide bonds. The summed E-state index contributed by atoms with van der Waals surface area (Å²) in [5.41, 5.74) is 1.26. The van der Waals surface area contributed by atoms with Crippen LogP contribution in [0.25, 0.3) is 0 Å². The lowest BCUT2D eigenvalue weighted by Gasteiger charge is -2.30. The lowest BCUT2D eigenvalue weighted by molar-refractivity contribution is -0.117. The normalized spacial score (nSPS) is 17.8. The number of anilines is 1. The van der Waals surface area contributed by atoms with Gasteiger partial charge in [0.25, 0.3) is 0 Å². The number of carbonyl (C=O) groups is 2. The Bertz CT molecular complexity index is 577. The number of hydrogen-bond donors (Lipinski definition) is 0. The van der Waals surface area contributed by atoms with Gasteiger partial charge in [0.05, 0.1) is 17.0 Å². The fourth-order valence-electron chi connectivity index (χ4n) is 2.02. The van der Waals surface area contributed by atoms with E-state index >= 15 is 0 Å². The zero-order valence-electron chi connectivity index (χ0n) is 10.8. The van der Waals surface area contributed by atoms with Crippen LogP contribution < -0.4 is 4.90 Å². The molecule has 2 rings (SSSR count). The van der Waals surface area contributed by atoms with E-state index in [9.17, 15) is 9.59 Å². The van der Waals surface area contributed by atoms with Gasteiger partial charge in [-0.15, -0.1) is 11.8 Å². The highest BCUT2D eigenvalue weighted by Crippen LogP contribution is 2.39. The maximum absolute atomic E-state index is 12.1. The SMILES string of the molecule is CCC(=O)c1ccc2c(c1)N(CC#N)C(=O)C(C)S2. The monoisotopic (exact) mass is 274 g/mol. The summed E-state index contributed by atoms with van der Waals surface area (Å²) in [4.78, 5) is 26.2. The summed E-state index contributed by atoms with van der Waals surface area (Å²) >= 11 is 1.47. The molecule has 1 heterocycles. The lowest BCUT2D eigenvalue weighted by Crippen LogP contribution is -2.40. The molecule has 1 aromatic rings. The number of ketones is 1. The van der Waals surface area contributed by atoms with Gasteiger partial charge < -0.3 is 0 Å². The lowest BCUT2D eigenvalue weighted by atomic mass is 10.1. The molecule has 1 atom stereocenters. The highest BCUT2D eigenvalue weighted by Gasteiger charge is 2.30. The molecule has 1 aromatic carbocycles. The van der Waals surface area contributed by atoms with Gasteiger partial charge in [0.15, 0.2) is 5.78 Å². The van der Waals surface area contributed by atoms with Crippen LogP contribution in [0, 0.1) is 11.3 Å². The maximum atomic E-state index is 12.1. The van der Waals surface area contributed by atoms with E-state index in [1.807, 2.05) is 19.1 Å². The van der Waals surface area contributed by atoms with E-state index in [0.717, 1.165) is 4.90 Å². The first-order valence-electron chi connectivity index (χ1n) is 6.10. The second-order valence-corrected chi connectivity index (χ2v) is 5.68. The van der Waals surface area contributed by atoms with Gasteiger partial charge in [-0.1, -0.05) is 13.0 Å². The van der Waals surface area contributed by atoms with Crippen LogP contribution in [-0.2, 0) is 4.79 Å². The van der Waals surface area contributed by atoms with Crippen molar-refractivity contribution in [2.24, 2.45) is 0 Å². The molecule has 1 unspecified atom stereocenters. The molecule has 19 heavy (non-hydrogen) atoms. The Labute approximate surface area is 116 Å². The molecular weight excluding hydrogens is 260 g/mol. The molecule has 0 saturated carbocycles. The number of benzene rings is 1. The Balaban J connectivity index is 2.49. The highest BCUT2D eigenvalue weighted by molar-refractivity contribution is 8.00. The Kier molecular flexibility index (Phi) is 3.91. The first-order valence-corrected chi connectivity index (χ1v) is 6.98. The highest BCUT2D eigenvalue weighted by atomic mass is 32.2. The molecule has 0 fully saturated rings. The maximum Gasteiger partial charge on any atom is 0.241 e. The minimum absolute atomic E-state index is 0.0144. The molecule has 5 heteroatoms. The number of Topliss-reactive ketones (excluding diaryl/α,β-unsaturated/α-hetero) is 1. The summed E-state index contributed by atoms with van der Waals surface area (Å²) in [7, 11) is 0. The van der Waals surface area contributed by atoms with E-state index in [1.165, 1.54) is 16.7 Å². The van der Waals surface area contributed by atoms with Gasteiger partial charge in [-0.05, 0) is 19.1 Å². The van der Waals surface area contributed by atoms with Crippen LogP contribution in [0.5, 0.6) is 0 Å². The molecule has 1 aliphatic rings. The molecule has 0 spiro atoms. The van der Waals surface area contributed by atoms with Crippen molar-refractivity contribution in [3.63, 3.8) is 0 Å². The predicted octanol–water partition coefficient (Wildman–Crippen LogP) is 2.63. The number of nitrogens with zero attached hydrogens (tertiary/aromatic N) is 2. The first kappa shape index (κ1) is 13.6. The van der Waals surface area contributed by atoms with Crippen molar-refractivity contribution in [2.45, 2.75) is 30.4 Å². The third-order valence-corrected chi connectivity index (χ3v) is 4.19. The third kappa shape index (κ3) is 2.49. The second kappa shape index (κ2) is 5.45. The number of thioether (sulfide) groups is 1. The van der Waals surface area contributed by atoms with E-state index in [-0.39, 0.29) is 23.5 Å². The first-order chi connectivity index (χ1) is 9.08. The smallest absolute Gasteiger partial charge is 0.241 e. The number of carbonyl (C=O) groups excluding carboxylic acids is 2. The van der Waals surface area contributed by atoms with E-state index in [0.29, 0.717) is 17.7 Å². The van der Waals surface area contributed by atoms with Crippen LogP contribution in [0.1, 0.15) is 30.6 Å². The van der Waals surface area contributed by atoms with Gasteiger partial charge in [-0.3, -0.25) is 14.5 Å². The van der Waals surface area contributed by atoms with Gasteiger partial charge in [0, 0.05) is 16.9 Å². The summed E-state index contributed by atoms with van der Waals surface area (Å²) in [6.45, 7) is 3.64. The molecule has 0 bridgehead atoms. The third-order valence-electron chi connectivity index (χ3n) is 3.04. The Hall–Kier alpha value is -1.80. The van der Waals surface area contributed by atoms with Crippen molar-refractivity contribution in [1.29, 1.82) is 5.26 Å². The van der Waals surface area contributed by atoms with Crippen molar-refractivity contribution >= 4 is 29.1 Å². The van der Waals surface area contributed by atoms with Gasteiger partial charge in [-0.25, -0.2) is 0 Å². The second-order valence-electron chi connectivity index (χ2n) is 4.30. The quantitative estimate of drug-likeness (QED) is 0.628. The summed E-state index contributed by atoms with van der Waals surface area (Å²) in [6, 6.07) is 7.36. The predicted molar refractivity (Wildman–Crippen MR) is 74.3 cm³/mol. The van der Waals surface area contributed by atoms with Crippen molar-refractivity contribution in [1.82, 2.24) is 0 Å². The van der Waals surface area contributed by atoms with Crippen LogP contribution in [0.4, 0.5) is 5.69 Å². The molecule has 0 radical (unpaired) electrons. The van der Waals surface area contributed by atoms with Gasteiger partial charge >= 0.3 is 0 Å². The number of fused-ring (bicyclic) bond motifs is 1. The van der Waals surface area contributed by atoms with Crippen LogP contribution in [0.3, 0.4) is 0 Å². The molecule has 0 N–H and O–H groups in total. The van der Waals surface area contributed by atoms with E-state index in [1.54, 1.807) is 19.1 Å². The molecule has 98 valence electrons. The number of rotatable bonds is 3. The van der Waals surface area contributed by atoms with Gasteiger partial charge in [-0.2, -0.15) is 5.26 Å². The topological polar surface area (TPSA) is 61.2 Å². The zero-order valence-corrected chi connectivity index (χ0v) is 11.7. The molecular formula is C14H14N2O2S. The van der Waals surface area contributed by atoms with Crippen LogP contribution in [0.15, 0.2) is 23.1 Å². The summed E-state index contributed by atoms with van der Waals surface area (Å²) in [6.07, 6.45) is 0.425. The zero-order chi connectivity index (χ0) is 14.0. The minimum Gasteiger partial charge on any atom is -0.296 e. The molecule has 0 saturated heterocycles. The van der Waals surface area contributed by atoms with Crippen molar-refractivity contribution in [3.8, 4) is 6.07 Å². The fraction of sp³-hybridized carbons (Fsp3) is 0.357. The van der Waals surface area contributed by atoms with Crippen LogP contribution in [-0.4, -0.2) is 23.5 Å². The van der Waals surface area contributed by atoms with Crippen molar-refractivity contribution < 1.29 is 9.59 Å². The van der Waals surface area contributed by atoms with Gasteiger partial charge in [0.1, 0.15) is 6.54 Å². The number of amides is 1. The van der Waals surface area contributed by atoms with E-state index in [2.05, 4.69) is 0 Å². The Morgan fingerprint density at radius 2 is 2.26 bits per heavy atom. The van der Waals surface area contributed by atoms with E-state index < -0.39 is 0 Å². The Morgan fingerprint density at radius 3 is 2.89 bits per heavy atom. The molecule has 0 aliphatic carbocycles. The minimum atomic E-state index is -0.200. The summed E-state index contributed by atoms with van der Waals surface area (Å²) in [5.74, 6) is -0.0454. The van der Waals surface area contributed by atoms with Crippen molar-refractivity contribution in [2.75, 3.05) is 11.4 Å². The summed E-state index contributed by atoms with van der Waals surface area (Å²) < 4.78 is 0. The standard InChI is InChI=1S/C14H14N2O2S/c1-3-12(17)10-4-5-13-11(8-10)16(7-6-15)14(18)9(2)19-13/h4-5,8-9H,3,7H2,1-2H3. The molecule has 1 aliphatic heterocycles. The van der Waals surface area contributed by atoms with E-state index in [4.69, 9.17) is 5.26 Å². The number of hydrogen-bond acceptors (Lipinski definition) is 4.